The summed E-state index contributed by atoms with van der Waals surface area (Å²) in [6.45, 7) is 0. The fourth-order valence-corrected chi connectivity index (χ4v) is 0.952. The van der Waals surface area contributed by atoms with Crippen molar-refractivity contribution in [2.75, 3.05) is 0 Å². The van der Waals surface area contributed by atoms with Gasteiger partial charge < -0.3 is 5.11 Å². The molecule has 2 nitrogen and oxygen atoms in total. The van der Waals surface area contributed by atoms with Crippen LogP contribution >= 0.6 is 22.6 Å². The number of rotatable bonds is 1. The molecule has 0 aliphatic rings. The first-order valence-electron chi connectivity index (χ1n) is 2.69. The Balaban J connectivity index is 0.000001000. The first-order valence-corrected chi connectivity index (χ1v) is 3.77. The Labute approximate surface area is 98.3 Å². The molecule has 58 valence electrons. The van der Waals surface area contributed by atoms with E-state index < -0.39 is 5.97 Å². The van der Waals surface area contributed by atoms with Crippen molar-refractivity contribution < 1.29 is 9.90 Å². The standard InChI is InChI=1S/C7H5IO2.Pb.2H/c8-6-3-1-5(2-4-6)7(9)10;;;/h1-4H,(H,9,10);;;. The van der Waals surface area contributed by atoms with Crippen molar-refractivity contribution >= 4 is 55.9 Å². The van der Waals surface area contributed by atoms with Gasteiger partial charge in [0.05, 0.1) is 5.56 Å². The number of carboxylic acid groups (broad SMARTS) is 1. The Morgan fingerprint density at radius 2 is 1.73 bits per heavy atom. The maximum atomic E-state index is 10.3. The van der Waals surface area contributed by atoms with Gasteiger partial charge >= 0.3 is 33.3 Å². The van der Waals surface area contributed by atoms with Gasteiger partial charge in [0.2, 0.25) is 0 Å². The van der Waals surface area contributed by atoms with Crippen molar-refractivity contribution in [3.8, 4) is 0 Å². The summed E-state index contributed by atoms with van der Waals surface area (Å²) >= 11 is 2.13. The van der Waals surface area contributed by atoms with Gasteiger partial charge in [-0.25, -0.2) is 4.79 Å². The third-order valence-electron chi connectivity index (χ3n) is 1.09. The van der Waals surface area contributed by atoms with Crippen LogP contribution in [0.25, 0.3) is 0 Å². The Morgan fingerprint density at radius 1 is 1.27 bits per heavy atom. The van der Waals surface area contributed by atoms with Crippen LogP contribution in [-0.4, -0.2) is 38.4 Å². The van der Waals surface area contributed by atoms with Gasteiger partial charge in [0.25, 0.3) is 0 Å². The molecule has 0 amide bonds. The molecule has 11 heavy (non-hydrogen) atoms. The molecule has 0 aliphatic carbocycles. The zero-order valence-corrected chi connectivity index (χ0v) is 13.4. The molecular formula is C7H7IO2Pb. The zero-order valence-electron chi connectivity index (χ0n) is 5.75. The summed E-state index contributed by atoms with van der Waals surface area (Å²) in [4.78, 5) is 10.3. The Morgan fingerprint density at radius 3 is 2.09 bits per heavy atom. The fraction of sp³-hybridized carbons (Fsp3) is 0. The van der Waals surface area contributed by atoms with E-state index in [-0.39, 0.29) is 27.3 Å². The molecule has 1 N–H and O–H groups in total. The van der Waals surface area contributed by atoms with Crippen molar-refractivity contribution in [1.29, 1.82) is 0 Å². The second kappa shape index (κ2) is 5.07. The average molecular weight is 457 g/mol. The average Bonchev–Trinajstić information content (AvgIpc) is 1.88. The summed E-state index contributed by atoms with van der Waals surface area (Å²) in [5.41, 5.74) is 0.334. The quantitative estimate of drug-likeness (QED) is 0.507. The molecule has 1 aromatic rings. The van der Waals surface area contributed by atoms with E-state index in [0.717, 1.165) is 3.57 Å². The van der Waals surface area contributed by atoms with Crippen molar-refractivity contribution in [1.82, 2.24) is 0 Å². The van der Waals surface area contributed by atoms with Crippen molar-refractivity contribution in [2.45, 2.75) is 0 Å². The van der Waals surface area contributed by atoms with Gasteiger partial charge in [-0.15, -0.1) is 0 Å². The SMILES string of the molecule is O=C(O)c1ccc(I)cc1.[PbH2]. The van der Waals surface area contributed by atoms with Gasteiger partial charge in [-0.3, -0.25) is 0 Å². The number of carboxylic acids is 1. The van der Waals surface area contributed by atoms with E-state index in [0.29, 0.717) is 5.56 Å². The summed E-state index contributed by atoms with van der Waals surface area (Å²) in [6, 6.07) is 6.71. The van der Waals surface area contributed by atoms with Gasteiger partial charge in [-0.2, -0.15) is 0 Å². The minimum atomic E-state index is -0.878. The molecule has 0 aliphatic heterocycles. The molecule has 0 aromatic heterocycles. The number of halogens is 1. The van der Waals surface area contributed by atoms with Gasteiger partial charge in [-0.05, 0) is 46.9 Å². The molecule has 0 spiro atoms. The summed E-state index contributed by atoms with van der Waals surface area (Å²) in [6.07, 6.45) is 0. The Hall–Kier alpha value is 0.342. The van der Waals surface area contributed by atoms with E-state index in [1.54, 1.807) is 24.3 Å². The van der Waals surface area contributed by atoms with Crippen LogP contribution in [0.1, 0.15) is 10.4 Å². The molecule has 0 saturated carbocycles. The van der Waals surface area contributed by atoms with Crippen molar-refractivity contribution in [3.05, 3.63) is 33.4 Å². The van der Waals surface area contributed by atoms with Crippen molar-refractivity contribution in [2.24, 2.45) is 0 Å². The van der Waals surface area contributed by atoms with Crippen LogP contribution in [0.5, 0.6) is 0 Å². The predicted octanol–water partition coefficient (Wildman–Crippen LogP) is 1.07. The molecule has 1 rings (SSSR count). The summed E-state index contributed by atoms with van der Waals surface area (Å²) in [7, 11) is 0. The molecule has 0 fully saturated rings. The molecule has 2 radical (unpaired) electrons. The number of hydrogen-bond donors (Lipinski definition) is 1. The second-order valence-corrected chi connectivity index (χ2v) is 3.06. The molecule has 1 aromatic carbocycles. The topological polar surface area (TPSA) is 37.3 Å². The third-order valence-corrected chi connectivity index (χ3v) is 1.81. The monoisotopic (exact) mass is 458 g/mol. The number of hydrogen-bond acceptors (Lipinski definition) is 1. The van der Waals surface area contributed by atoms with Crippen molar-refractivity contribution in [3.63, 3.8) is 0 Å². The maximum absolute atomic E-state index is 10.3. The van der Waals surface area contributed by atoms with Gasteiger partial charge in [0, 0.05) is 3.57 Å². The molecule has 0 saturated heterocycles. The summed E-state index contributed by atoms with van der Waals surface area (Å²) in [5.74, 6) is -0.878. The zero-order chi connectivity index (χ0) is 7.56. The number of aromatic carboxylic acids is 1. The summed E-state index contributed by atoms with van der Waals surface area (Å²) in [5, 5.41) is 8.47. The normalized spacial score (nSPS) is 8.45. The van der Waals surface area contributed by atoms with E-state index in [1.165, 1.54) is 0 Å². The van der Waals surface area contributed by atoms with Crippen LogP contribution in [0.3, 0.4) is 0 Å². The van der Waals surface area contributed by atoms with Crippen LogP contribution in [0.4, 0.5) is 0 Å². The first kappa shape index (κ1) is 11.3. The number of benzene rings is 1. The minimum absolute atomic E-state index is 0. The van der Waals surface area contributed by atoms with Gasteiger partial charge in [-0.1, -0.05) is 0 Å². The molecule has 0 atom stereocenters. The van der Waals surface area contributed by atoms with Crippen LogP contribution in [0, 0.1) is 3.57 Å². The van der Waals surface area contributed by atoms with Crippen LogP contribution in [0.2, 0.25) is 0 Å². The van der Waals surface area contributed by atoms with E-state index in [2.05, 4.69) is 22.6 Å². The second-order valence-electron chi connectivity index (χ2n) is 1.81. The van der Waals surface area contributed by atoms with Gasteiger partial charge in [0.15, 0.2) is 0 Å². The molecule has 0 heterocycles. The first-order chi connectivity index (χ1) is 4.70. The summed E-state index contributed by atoms with van der Waals surface area (Å²) < 4.78 is 1.04. The van der Waals surface area contributed by atoms with Crippen LogP contribution in [-0.2, 0) is 0 Å². The Bertz CT molecular complexity index is 245. The van der Waals surface area contributed by atoms with Gasteiger partial charge in [0.1, 0.15) is 0 Å². The van der Waals surface area contributed by atoms with E-state index in [9.17, 15) is 4.79 Å². The third kappa shape index (κ3) is 3.50. The Kier molecular flexibility index (Phi) is 5.23. The molecule has 0 bridgehead atoms. The molecule has 0 unspecified atom stereocenters. The molecular weight excluding hydrogens is 450 g/mol. The van der Waals surface area contributed by atoms with Crippen LogP contribution < -0.4 is 0 Å². The fourth-order valence-electron chi connectivity index (χ4n) is 0.592. The van der Waals surface area contributed by atoms with E-state index in [1.807, 2.05) is 0 Å². The predicted molar refractivity (Wildman–Crippen MR) is 54.7 cm³/mol. The van der Waals surface area contributed by atoms with Crippen LogP contribution in [0.15, 0.2) is 24.3 Å². The molecule has 4 heteroatoms. The van der Waals surface area contributed by atoms with E-state index in [4.69, 9.17) is 5.11 Å². The van der Waals surface area contributed by atoms with E-state index >= 15 is 0 Å². The number of carbonyl (C=O) groups is 1.